The Hall–Kier alpha value is -4.03. The number of halogens is 1. The van der Waals surface area contributed by atoms with E-state index in [1.54, 1.807) is 42.5 Å². The SMILES string of the molecule is O=C1Nc2ccccc2C1=NN1C(=O)C(=Cc2ccc(Cl)cc2)N=C1c1ccccc1. The fraction of sp³-hybridized carbons (Fsp3) is 0. The van der Waals surface area contributed by atoms with Crippen LogP contribution in [-0.4, -0.2) is 28.4 Å². The second-order valence-corrected chi connectivity index (χ2v) is 7.38. The predicted molar refractivity (Wildman–Crippen MR) is 121 cm³/mol. The first-order valence-electron chi connectivity index (χ1n) is 9.55. The van der Waals surface area contributed by atoms with Crippen LogP contribution in [0.3, 0.4) is 0 Å². The van der Waals surface area contributed by atoms with Crippen molar-refractivity contribution in [1.82, 2.24) is 5.01 Å². The number of hydrogen-bond donors (Lipinski definition) is 1. The van der Waals surface area contributed by atoms with E-state index in [0.717, 1.165) is 5.56 Å². The number of para-hydroxylation sites is 1. The summed E-state index contributed by atoms with van der Waals surface area (Å²) in [4.78, 5) is 30.3. The van der Waals surface area contributed by atoms with E-state index in [1.165, 1.54) is 5.01 Å². The van der Waals surface area contributed by atoms with E-state index in [4.69, 9.17) is 11.6 Å². The maximum Gasteiger partial charge on any atom is 0.298 e. The Morgan fingerprint density at radius 1 is 0.903 bits per heavy atom. The van der Waals surface area contributed by atoms with Crippen LogP contribution in [0.5, 0.6) is 0 Å². The topological polar surface area (TPSA) is 74.1 Å². The molecule has 3 aromatic rings. The Labute approximate surface area is 183 Å². The molecular weight excluding hydrogens is 412 g/mol. The third kappa shape index (κ3) is 3.53. The Bertz CT molecular complexity index is 1290. The molecule has 2 heterocycles. The zero-order chi connectivity index (χ0) is 21.4. The van der Waals surface area contributed by atoms with Gasteiger partial charge in [-0.05, 0) is 29.8 Å². The summed E-state index contributed by atoms with van der Waals surface area (Å²) in [6, 6.07) is 23.6. The summed E-state index contributed by atoms with van der Waals surface area (Å²) in [6.07, 6.45) is 1.67. The molecule has 7 heteroatoms. The number of carbonyl (C=O) groups is 2. The van der Waals surface area contributed by atoms with Crippen LogP contribution in [0.1, 0.15) is 16.7 Å². The molecule has 0 saturated heterocycles. The summed E-state index contributed by atoms with van der Waals surface area (Å²) in [5.74, 6) is -0.425. The molecule has 2 aliphatic rings. The van der Waals surface area contributed by atoms with Crippen molar-refractivity contribution < 1.29 is 9.59 Å². The molecule has 2 aliphatic heterocycles. The van der Waals surface area contributed by atoms with Gasteiger partial charge in [0.2, 0.25) is 0 Å². The number of amides is 2. The van der Waals surface area contributed by atoms with Gasteiger partial charge in [0.1, 0.15) is 5.70 Å². The van der Waals surface area contributed by atoms with E-state index in [0.29, 0.717) is 27.7 Å². The first kappa shape index (κ1) is 19.0. The molecule has 31 heavy (non-hydrogen) atoms. The van der Waals surface area contributed by atoms with Crippen LogP contribution in [0.2, 0.25) is 5.02 Å². The average molecular weight is 427 g/mol. The smallest absolute Gasteiger partial charge is 0.298 e. The fourth-order valence-corrected chi connectivity index (χ4v) is 3.52. The van der Waals surface area contributed by atoms with Crippen LogP contribution < -0.4 is 5.32 Å². The molecule has 0 aromatic heterocycles. The zero-order valence-electron chi connectivity index (χ0n) is 16.1. The molecule has 3 aromatic carbocycles. The van der Waals surface area contributed by atoms with E-state index < -0.39 is 5.91 Å². The lowest BCUT2D eigenvalue weighted by molar-refractivity contribution is -0.122. The van der Waals surface area contributed by atoms with Crippen molar-refractivity contribution in [3.63, 3.8) is 0 Å². The normalized spacial score (nSPS) is 17.8. The minimum atomic E-state index is -0.418. The van der Waals surface area contributed by atoms with Gasteiger partial charge >= 0.3 is 0 Å². The summed E-state index contributed by atoms with van der Waals surface area (Å²) < 4.78 is 0. The van der Waals surface area contributed by atoms with Crippen LogP contribution in [0.25, 0.3) is 6.08 Å². The number of benzene rings is 3. The standard InChI is InChI=1S/C24H15ClN4O2/c25-17-12-10-15(11-13-17)14-20-24(31)29(22(26-20)16-6-2-1-3-7-16)28-21-18-8-4-5-9-19(18)27-23(21)30/h1-14H,(H,27,28,30). The van der Waals surface area contributed by atoms with Crippen LogP contribution in [0.4, 0.5) is 5.69 Å². The van der Waals surface area contributed by atoms with Crippen LogP contribution >= 0.6 is 11.6 Å². The maximum absolute atomic E-state index is 13.2. The van der Waals surface area contributed by atoms with Crippen molar-refractivity contribution in [2.45, 2.75) is 0 Å². The van der Waals surface area contributed by atoms with E-state index in [1.807, 2.05) is 42.5 Å². The number of nitrogens with zero attached hydrogens (tertiary/aromatic N) is 3. The zero-order valence-corrected chi connectivity index (χ0v) is 16.9. The predicted octanol–water partition coefficient (Wildman–Crippen LogP) is 4.33. The van der Waals surface area contributed by atoms with Crippen molar-refractivity contribution in [3.05, 3.63) is 106 Å². The highest BCUT2D eigenvalue weighted by Gasteiger charge is 2.34. The lowest BCUT2D eigenvalue weighted by Crippen LogP contribution is -2.30. The highest BCUT2D eigenvalue weighted by molar-refractivity contribution is 6.54. The van der Waals surface area contributed by atoms with Crippen molar-refractivity contribution in [2.24, 2.45) is 10.1 Å². The summed E-state index contributed by atoms with van der Waals surface area (Å²) in [6.45, 7) is 0. The molecule has 0 radical (unpaired) electrons. The van der Waals surface area contributed by atoms with Gasteiger partial charge in [0.05, 0.1) is 5.69 Å². The number of rotatable bonds is 3. The Morgan fingerprint density at radius 3 is 2.39 bits per heavy atom. The number of anilines is 1. The molecule has 0 aliphatic carbocycles. The second-order valence-electron chi connectivity index (χ2n) is 6.95. The van der Waals surface area contributed by atoms with E-state index in [2.05, 4.69) is 15.4 Å². The quantitative estimate of drug-likeness (QED) is 0.633. The second kappa shape index (κ2) is 7.66. The van der Waals surface area contributed by atoms with Gasteiger partial charge < -0.3 is 5.32 Å². The van der Waals surface area contributed by atoms with Gasteiger partial charge in [-0.25, -0.2) is 4.99 Å². The molecule has 0 bridgehead atoms. The Kier molecular flexibility index (Phi) is 4.69. The highest BCUT2D eigenvalue weighted by Crippen LogP contribution is 2.27. The molecule has 0 saturated carbocycles. The first-order chi connectivity index (χ1) is 15.1. The fourth-order valence-electron chi connectivity index (χ4n) is 3.39. The van der Waals surface area contributed by atoms with Gasteiger partial charge in [0.15, 0.2) is 11.5 Å². The van der Waals surface area contributed by atoms with Crippen LogP contribution in [0, 0.1) is 0 Å². The van der Waals surface area contributed by atoms with Gasteiger partial charge in [-0.2, -0.15) is 10.1 Å². The van der Waals surface area contributed by atoms with Crippen LogP contribution in [0.15, 0.2) is 94.7 Å². The Balaban J connectivity index is 1.61. The number of aliphatic imine (C=N–C) groups is 1. The molecule has 1 N–H and O–H groups in total. The molecule has 0 atom stereocenters. The monoisotopic (exact) mass is 426 g/mol. The number of nitrogens with one attached hydrogen (secondary N) is 1. The minimum absolute atomic E-state index is 0.167. The molecule has 0 unspecified atom stereocenters. The van der Waals surface area contributed by atoms with Gasteiger partial charge in [-0.1, -0.05) is 72.3 Å². The molecule has 2 amide bonds. The van der Waals surface area contributed by atoms with Crippen molar-refractivity contribution in [3.8, 4) is 0 Å². The van der Waals surface area contributed by atoms with Crippen molar-refractivity contribution in [1.29, 1.82) is 0 Å². The molecule has 5 rings (SSSR count). The minimum Gasteiger partial charge on any atom is -0.320 e. The van der Waals surface area contributed by atoms with Gasteiger partial charge in [0, 0.05) is 16.1 Å². The number of hydrazone groups is 1. The van der Waals surface area contributed by atoms with E-state index >= 15 is 0 Å². The summed E-state index contributed by atoms with van der Waals surface area (Å²) in [5, 5.41) is 9.00. The number of carbonyl (C=O) groups excluding carboxylic acids is 2. The van der Waals surface area contributed by atoms with Gasteiger partial charge in [-0.3, -0.25) is 9.59 Å². The third-order valence-electron chi connectivity index (χ3n) is 4.89. The summed E-state index contributed by atoms with van der Waals surface area (Å²) in [5.41, 5.74) is 3.18. The molecular formula is C24H15ClN4O2. The number of hydrogen-bond acceptors (Lipinski definition) is 4. The lowest BCUT2D eigenvalue weighted by atomic mass is 10.1. The molecule has 0 spiro atoms. The first-order valence-corrected chi connectivity index (χ1v) is 9.93. The Morgan fingerprint density at radius 2 is 1.61 bits per heavy atom. The van der Waals surface area contributed by atoms with Gasteiger partial charge in [0.25, 0.3) is 11.8 Å². The van der Waals surface area contributed by atoms with Crippen LogP contribution in [-0.2, 0) is 9.59 Å². The molecule has 0 fully saturated rings. The van der Waals surface area contributed by atoms with Crippen molar-refractivity contribution in [2.75, 3.05) is 5.32 Å². The summed E-state index contributed by atoms with van der Waals surface area (Å²) >= 11 is 5.95. The third-order valence-corrected chi connectivity index (χ3v) is 5.14. The summed E-state index contributed by atoms with van der Waals surface area (Å²) in [7, 11) is 0. The molecule has 6 nitrogen and oxygen atoms in total. The number of amidine groups is 1. The van der Waals surface area contributed by atoms with E-state index in [-0.39, 0.29) is 17.3 Å². The van der Waals surface area contributed by atoms with Gasteiger partial charge in [-0.15, -0.1) is 0 Å². The average Bonchev–Trinajstić information content (AvgIpc) is 3.27. The number of fused-ring (bicyclic) bond motifs is 1. The van der Waals surface area contributed by atoms with E-state index in [9.17, 15) is 9.59 Å². The highest BCUT2D eigenvalue weighted by atomic mass is 35.5. The largest absolute Gasteiger partial charge is 0.320 e. The van der Waals surface area contributed by atoms with Crippen molar-refractivity contribution >= 4 is 46.7 Å². The maximum atomic E-state index is 13.2. The molecule has 150 valence electrons. The lowest BCUT2D eigenvalue weighted by Gasteiger charge is -2.13.